The van der Waals surface area contributed by atoms with E-state index < -0.39 is 6.10 Å². The number of nitrogens with two attached hydrogens (primary N) is 1. The van der Waals surface area contributed by atoms with Gasteiger partial charge in [-0.05, 0) is 72.2 Å². The number of hydrogen-bond acceptors (Lipinski definition) is 8. The minimum atomic E-state index is -0.549. The number of nitrogens with one attached hydrogen (secondary N) is 1. The van der Waals surface area contributed by atoms with E-state index >= 15 is 0 Å². The molecule has 14 nitrogen and oxygen atoms in total. The highest BCUT2D eigenvalue weighted by Gasteiger charge is 2.37. The van der Waals surface area contributed by atoms with Gasteiger partial charge in [0.2, 0.25) is 0 Å². The van der Waals surface area contributed by atoms with Gasteiger partial charge in [0.25, 0.3) is 11.8 Å². The normalized spacial score (nSPS) is 20.4. The predicted molar refractivity (Wildman–Crippen MR) is 269 cm³/mol. The maximum absolute atomic E-state index is 13.1. The third kappa shape index (κ3) is 13.1. The quantitative estimate of drug-likeness (QED) is 0.186. The van der Waals surface area contributed by atoms with Crippen LogP contribution in [0.15, 0.2) is 109 Å². The standard InChI is InChI=1S/C27H36N4O4.C23H28N4O2.2H2S/c1-29(26(33)22-10-8-21(9-11-22)20-6-4-3-5-7-20)24-13-15-31(18-24)27(34)30-14-12-23(17-30)28-16-25(32)19-35-2;1-25(21-12-14-27(16-21)23(29)26-13-11-20(24)15-26)22(28)19-9-7-18(8-10-19)17-5-3-2-4-6-17;;/h3-11,23-25,28,32H,12-19H2,1-2H3;2-10,20-21H,11-16,24H2,1H3;2*1H2/t23?,24-,25?;20?,21-;;/m00../s1. The zero-order valence-electron chi connectivity index (χ0n) is 38.4. The van der Waals surface area contributed by atoms with Crippen LogP contribution in [-0.2, 0) is 4.74 Å². The molecule has 4 aliphatic rings. The van der Waals surface area contributed by atoms with E-state index in [1.54, 1.807) is 16.9 Å². The zero-order valence-corrected chi connectivity index (χ0v) is 40.4. The Labute approximate surface area is 403 Å². The maximum Gasteiger partial charge on any atom is 0.320 e. The largest absolute Gasteiger partial charge is 0.389 e. The number of carbonyl (C=O) groups is 4. The number of urea groups is 2. The summed E-state index contributed by atoms with van der Waals surface area (Å²) < 4.78 is 4.95. The van der Waals surface area contributed by atoms with Gasteiger partial charge in [0.05, 0.1) is 24.8 Å². The topological polar surface area (TPSA) is 155 Å². The van der Waals surface area contributed by atoms with Crippen LogP contribution in [0.3, 0.4) is 0 Å². The summed E-state index contributed by atoms with van der Waals surface area (Å²) in [5.74, 6) is -0.0314. The highest BCUT2D eigenvalue weighted by atomic mass is 32.1. The Morgan fingerprint density at radius 1 is 0.606 bits per heavy atom. The van der Waals surface area contributed by atoms with Gasteiger partial charge in [-0.2, -0.15) is 27.0 Å². The Balaban J connectivity index is 0.000000244. The van der Waals surface area contributed by atoms with Crippen molar-refractivity contribution in [3.63, 3.8) is 0 Å². The molecule has 4 aromatic rings. The van der Waals surface area contributed by atoms with Gasteiger partial charge in [0.1, 0.15) is 0 Å². The van der Waals surface area contributed by atoms with Gasteiger partial charge in [0, 0.05) is 103 Å². The van der Waals surface area contributed by atoms with E-state index in [1.807, 2.05) is 119 Å². The number of amides is 6. The van der Waals surface area contributed by atoms with Crippen LogP contribution < -0.4 is 11.1 Å². The summed E-state index contributed by atoms with van der Waals surface area (Å²) >= 11 is 0. The summed E-state index contributed by atoms with van der Waals surface area (Å²) in [6.45, 7) is 5.87. The minimum Gasteiger partial charge on any atom is -0.389 e. The number of rotatable bonds is 11. The third-order valence-electron chi connectivity index (χ3n) is 13.0. The first-order valence-corrected chi connectivity index (χ1v) is 22.6. The monoisotopic (exact) mass is 940 g/mol. The lowest BCUT2D eigenvalue weighted by molar-refractivity contribution is 0.0628. The highest BCUT2D eigenvalue weighted by Crippen LogP contribution is 2.25. The molecule has 6 amide bonds. The van der Waals surface area contributed by atoms with Crippen molar-refractivity contribution >= 4 is 50.9 Å². The van der Waals surface area contributed by atoms with Gasteiger partial charge in [-0.15, -0.1) is 0 Å². The molecule has 3 unspecified atom stereocenters. The molecule has 5 atom stereocenters. The third-order valence-corrected chi connectivity index (χ3v) is 13.0. The molecule has 8 rings (SSSR count). The Kier molecular flexibility index (Phi) is 19.3. The number of benzene rings is 4. The minimum absolute atomic E-state index is 0. The van der Waals surface area contributed by atoms with Crippen LogP contribution in [-0.4, -0.2) is 175 Å². The Morgan fingerprint density at radius 3 is 1.42 bits per heavy atom. The molecule has 4 saturated heterocycles. The van der Waals surface area contributed by atoms with Gasteiger partial charge in [0.15, 0.2) is 0 Å². The van der Waals surface area contributed by atoms with Gasteiger partial charge in [-0.3, -0.25) is 9.59 Å². The molecule has 66 heavy (non-hydrogen) atoms. The average Bonchev–Trinajstić information content (AvgIpc) is 4.19. The van der Waals surface area contributed by atoms with Crippen molar-refractivity contribution in [1.82, 2.24) is 34.7 Å². The molecule has 4 N–H and O–H groups in total. The average molecular weight is 941 g/mol. The number of methoxy groups -OCH3 is 1. The lowest BCUT2D eigenvalue weighted by atomic mass is 10.0. The second-order valence-electron chi connectivity index (χ2n) is 17.5. The van der Waals surface area contributed by atoms with E-state index in [9.17, 15) is 24.3 Å². The molecule has 0 aromatic heterocycles. The SMILES string of the molecule is CN(C(=O)c1ccc(-c2ccccc2)cc1)[C@H]1CCN(C(=O)N2CCC(N)C2)C1.COCC(O)CNC1CCN(C(=O)N2CC[C@H](N(C)C(=O)c3ccc(-c4ccccc4)cc3)C2)C1.S.S. The summed E-state index contributed by atoms with van der Waals surface area (Å²) in [5.41, 5.74) is 11.7. The first-order chi connectivity index (χ1) is 31.0. The van der Waals surface area contributed by atoms with Gasteiger partial charge >= 0.3 is 12.1 Å². The summed E-state index contributed by atoms with van der Waals surface area (Å²) in [6.07, 6.45) is 2.75. The van der Waals surface area contributed by atoms with Crippen molar-refractivity contribution in [3.8, 4) is 22.3 Å². The van der Waals surface area contributed by atoms with Crippen molar-refractivity contribution in [2.24, 2.45) is 5.73 Å². The van der Waals surface area contributed by atoms with E-state index in [-0.39, 0.29) is 75.0 Å². The van der Waals surface area contributed by atoms with Crippen LogP contribution in [0.2, 0.25) is 0 Å². The lowest BCUT2D eigenvalue weighted by Crippen LogP contribution is -2.45. The molecule has 4 fully saturated rings. The highest BCUT2D eigenvalue weighted by molar-refractivity contribution is 7.59. The number of aliphatic hydroxyl groups is 1. The van der Waals surface area contributed by atoms with Crippen LogP contribution in [0.4, 0.5) is 9.59 Å². The second kappa shape index (κ2) is 24.6. The van der Waals surface area contributed by atoms with Gasteiger partial charge < -0.3 is 50.3 Å². The van der Waals surface area contributed by atoms with Crippen LogP contribution in [0.1, 0.15) is 46.4 Å². The van der Waals surface area contributed by atoms with Gasteiger partial charge in [-0.25, -0.2) is 9.59 Å². The zero-order chi connectivity index (χ0) is 45.2. The van der Waals surface area contributed by atoms with Crippen LogP contribution in [0.5, 0.6) is 0 Å². The van der Waals surface area contributed by atoms with Crippen molar-refractivity contribution in [2.45, 2.75) is 56.0 Å². The number of ether oxygens (including phenoxy) is 1. The lowest BCUT2D eigenvalue weighted by Gasteiger charge is -2.27. The first-order valence-electron chi connectivity index (χ1n) is 22.6. The number of hydrogen-bond donors (Lipinski definition) is 3. The van der Waals surface area contributed by atoms with E-state index in [0.717, 1.165) is 54.5 Å². The number of carbonyl (C=O) groups excluding carboxylic acids is 4. The fourth-order valence-electron chi connectivity index (χ4n) is 9.09. The van der Waals surface area contributed by atoms with Crippen molar-refractivity contribution < 1.29 is 29.0 Å². The predicted octanol–water partition coefficient (Wildman–Crippen LogP) is 5.17. The molecule has 0 radical (unpaired) electrons. The molecule has 356 valence electrons. The Hall–Kier alpha value is -5.10. The fourth-order valence-corrected chi connectivity index (χ4v) is 9.09. The van der Waals surface area contributed by atoms with Crippen LogP contribution in [0, 0.1) is 0 Å². The molecule has 4 heterocycles. The van der Waals surface area contributed by atoms with Crippen LogP contribution in [0.25, 0.3) is 22.3 Å². The molecule has 0 spiro atoms. The number of nitrogens with zero attached hydrogens (tertiary/aromatic N) is 6. The molecule has 0 bridgehead atoms. The van der Waals surface area contributed by atoms with Crippen molar-refractivity contribution in [3.05, 3.63) is 120 Å². The van der Waals surface area contributed by atoms with Gasteiger partial charge in [-0.1, -0.05) is 84.9 Å². The van der Waals surface area contributed by atoms with E-state index in [2.05, 4.69) is 29.6 Å². The number of likely N-dealkylation sites (tertiary alicyclic amines) is 4. The molecular formula is C50H68N8O6S2. The summed E-state index contributed by atoms with van der Waals surface area (Å²) in [4.78, 5) is 62.7. The molecule has 0 aliphatic carbocycles. The fraction of sp³-hybridized carbons (Fsp3) is 0.440. The van der Waals surface area contributed by atoms with E-state index in [0.29, 0.717) is 70.1 Å². The van der Waals surface area contributed by atoms with E-state index in [1.165, 1.54) is 0 Å². The molecule has 0 saturated carbocycles. The first kappa shape index (κ1) is 51.9. The molecule has 4 aromatic carbocycles. The summed E-state index contributed by atoms with van der Waals surface area (Å²) in [5, 5.41) is 13.1. The van der Waals surface area contributed by atoms with Crippen molar-refractivity contribution in [2.75, 3.05) is 86.7 Å². The van der Waals surface area contributed by atoms with Crippen LogP contribution >= 0.6 is 27.0 Å². The summed E-state index contributed by atoms with van der Waals surface area (Å²) in [7, 11) is 5.22. The molecule has 16 heteroatoms. The molecular weight excluding hydrogens is 873 g/mol. The number of aliphatic hydroxyl groups excluding tert-OH is 1. The molecule has 4 aliphatic heterocycles. The second-order valence-corrected chi connectivity index (χ2v) is 17.5. The summed E-state index contributed by atoms with van der Waals surface area (Å²) in [6, 6.07) is 36.0. The smallest absolute Gasteiger partial charge is 0.320 e. The van der Waals surface area contributed by atoms with E-state index in [4.69, 9.17) is 10.5 Å². The Morgan fingerprint density at radius 2 is 1.00 bits per heavy atom. The maximum atomic E-state index is 13.1. The van der Waals surface area contributed by atoms with Crippen molar-refractivity contribution in [1.29, 1.82) is 0 Å². The Bertz CT molecular complexity index is 2170. The number of likely N-dealkylation sites (N-methyl/N-ethyl adjacent to an activating group) is 2.